The molecule has 0 aliphatic carbocycles. The highest BCUT2D eigenvalue weighted by Gasteiger charge is 2.16. The molecule has 9 nitrogen and oxygen atoms in total. The summed E-state index contributed by atoms with van der Waals surface area (Å²) in [4.78, 5) is 36.7. The Morgan fingerprint density at radius 1 is 1.15 bits per heavy atom. The van der Waals surface area contributed by atoms with Crippen LogP contribution in [-0.4, -0.2) is 52.4 Å². The molecule has 0 fully saturated rings. The van der Waals surface area contributed by atoms with Gasteiger partial charge in [-0.2, -0.15) is 0 Å². The topological polar surface area (TPSA) is 144 Å². The van der Waals surface area contributed by atoms with Crippen molar-refractivity contribution < 1.29 is 24.6 Å². The molecule has 0 aliphatic rings. The molecule has 0 saturated carbocycles. The minimum Gasteiger partial charge on any atom is -0.465 e. The molecule has 0 radical (unpaired) electrons. The lowest BCUT2D eigenvalue weighted by molar-refractivity contribution is 0.0949. The van der Waals surface area contributed by atoms with Gasteiger partial charge < -0.3 is 31.1 Å². The number of aromatic nitrogens is 1. The van der Waals surface area contributed by atoms with Crippen molar-refractivity contribution in [2.75, 3.05) is 13.1 Å². The Morgan fingerprint density at radius 3 is 2.62 bits per heavy atom. The van der Waals surface area contributed by atoms with Gasteiger partial charge in [0.2, 0.25) is 0 Å². The molecule has 1 aromatic heterocycles. The molecule has 2 rings (SSSR count). The van der Waals surface area contributed by atoms with Crippen molar-refractivity contribution in [2.45, 2.75) is 18.9 Å². The van der Waals surface area contributed by atoms with Crippen molar-refractivity contribution in [3.8, 4) is 0 Å². The van der Waals surface area contributed by atoms with E-state index in [1.54, 1.807) is 6.20 Å². The van der Waals surface area contributed by atoms with Gasteiger partial charge in [0.25, 0.3) is 5.91 Å². The van der Waals surface area contributed by atoms with Gasteiger partial charge in [-0.05, 0) is 31.0 Å². The Labute approximate surface area is 157 Å². The molecule has 1 atom stereocenters. The number of nitrogens with one attached hydrogen (secondary N) is 4. The highest BCUT2D eigenvalue weighted by atomic mass is 79.9. The normalized spacial score (nSPS) is 11.7. The van der Waals surface area contributed by atoms with Crippen LogP contribution in [0.25, 0.3) is 10.9 Å². The van der Waals surface area contributed by atoms with Crippen LogP contribution < -0.4 is 16.0 Å². The van der Waals surface area contributed by atoms with E-state index in [-0.39, 0.29) is 19.0 Å². The highest BCUT2D eigenvalue weighted by molar-refractivity contribution is 9.10. The molecule has 1 aromatic carbocycles. The molecule has 6 N–H and O–H groups in total. The molecule has 0 spiro atoms. The Kier molecular flexibility index (Phi) is 6.84. The number of H-pyrrole nitrogens is 1. The van der Waals surface area contributed by atoms with Crippen LogP contribution >= 0.6 is 15.9 Å². The van der Waals surface area contributed by atoms with Crippen molar-refractivity contribution in [2.24, 2.45) is 0 Å². The summed E-state index contributed by atoms with van der Waals surface area (Å²) < 4.78 is 0.843. The van der Waals surface area contributed by atoms with E-state index < -0.39 is 18.2 Å². The van der Waals surface area contributed by atoms with Crippen molar-refractivity contribution in [3.05, 3.63) is 34.4 Å². The van der Waals surface area contributed by atoms with Crippen LogP contribution in [0.15, 0.2) is 28.9 Å². The smallest absolute Gasteiger partial charge is 0.404 e. The third-order valence-electron chi connectivity index (χ3n) is 3.73. The third kappa shape index (κ3) is 5.66. The molecule has 0 bridgehead atoms. The largest absolute Gasteiger partial charge is 0.465 e. The van der Waals surface area contributed by atoms with Gasteiger partial charge in [-0.15, -0.1) is 0 Å². The number of carbonyl (C=O) groups excluding carboxylic acids is 1. The number of hydrogen-bond acceptors (Lipinski definition) is 3. The quantitative estimate of drug-likeness (QED) is 0.359. The first-order valence-corrected chi connectivity index (χ1v) is 8.67. The van der Waals surface area contributed by atoms with Gasteiger partial charge in [-0.1, -0.05) is 15.9 Å². The molecular formula is C16H19BrN4O5. The minimum atomic E-state index is -1.20. The summed E-state index contributed by atoms with van der Waals surface area (Å²) >= 11 is 3.37. The fourth-order valence-electron chi connectivity index (χ4n) is 2.54. The second-order valence-corrected chi connectivity index (χ2v) is 6.54. The maximum atomic E-state index is 12.4. The molecule has 10 heteroatoms. The maximum absolute atomic E-state index is 12.4. The third-order valence-corrected chi connectivity index (χ3v) is 4.22. The van der Waals surface area contributed by atoms with Crippen LogP contribution in [0.3, 0.4) is 0 Å². The molecule has 26 heavy (non-hydrogen) atoms. The average molecular weight is 427 g/mol. The molecule has 0 saturated heterocycles. The van der Waals surface area contributed by atoms with Gasteiger partial charge in [-0.25, -0.2) is 9.59 Å². The first-order chi connectivity index (χ1) is 12.4. The predicted octanol–water partition coefficient (Wildman–Crippen LogP) is 2.34. The Hall–Kier alpha value is -2.75. The zero-order valence-corrected chi connectivity index (χ0v) is 15.3. The summed E-state index contributed by atoms with van der Waals surface area (Å²) in [5.74, 6) is -0.324. The van der Waals surface area contributed by atoms with Crippen LogP contribution in [0.5, 0.6) is 0 Å². The van der Waals surface area contributed by atoms with E-state index in [2.05, 4.69) is 36.9 Å². The lowest BCUT2D eigenvalue weighted by Crippen LogP contribution is -2.43. The van der Waals surface area contributed by atoms with E-state index in [1.807, 2.05) is 18.2 Å². The number of fused-ring (bicyclic) bond motifs is 1. The number of halogens is 1. The van der Waals surface area contributed by atoms with Crippen LogP contribution in [-0.2, 0) is 0 Å². The number of carboxylic acid groups (broad SMARTS) is 2. The van der Waals surface area contributed by atoms with Gasteiger partial charge in [0.15, 0.2) is 0 Å². The molecule has 0 unspecified atom stereocenters. The number of amides is 3. The highest BCUT2D eigenvalue weighted by Crippen LogP contribution is 2.22. The first-order valence-electron chi connectivity index (χ1n) is 7.88. The molecule has 1 heterocycles. The van der Waals surface area contributed by atoms with E-state index >= 15 is 0 Å². The Morgan fingerprint density at radius 2 is 1.92 bits per heavy atom. The first kappa shape index (κ1) is 19.6. The summed E-state index contributed by atoms with van der Waals surface area (Å²) in [6.45, 7) is 0.302. The van der Waals surface area contributed by atoms with E-state index in [1.165, 1.54) is 0 Å². The fourth-order valence-corrected chi connectivity index (χ4v) is 2.90. The average Bonchev–Trinajstić information content (AvgIpc) is 2.98. The fraction of sp³-hybridized carbons (Fsp3) is 0.312. The zero-order valence-electron chi connectivity index (χ0n) is 13.7. The Bertz CT molecular complexity index is 807. The van der Waals surface area contributed by atoms with E-state index in [0.29, 0.717) is 18.4 Å². The maximum Gasteiger partial charge on any atom is 0.404 e. The van der Waals surface area contributed by atoms with Gasteiger partial charge in [0.1, 0.15) is 0 Å². The second kappa shape index (κ2) is 9.09. The molecule has 2 aromatic rings. The number of rotatable bonds is 8. The monoisotopic (exact) mass is 426 g/mol. The van der Waals surface area contributed by atoms with Crippen LogP contribution in [0.2, 0.25) is 0 Å². The van der Waals surface area contributed by atoms with Gasteiger partial charge in [0, 0.05) is 40.7 Å². The van der Waals surface area contributed by atoms with Crippen molar-refractivity contribution >= 4 is 44.9 Å². The van der Waals surface area contributed by atoms with Gasteiger partial charge >= 0.3 is 12.2 Å². The predicted molar refractivity (Wildman–Crippen MR) is 98.5 cm³/mol. The summed E-state index contributed by atoms with van der Waals surface area (Å²) in [5.41, 5.74) is 1.28. The minimum absolute atomic E-state index is 0.0961. The van der Waals surface area contributed by atoms with E-state index in [9.17, 15) is 14.4 Å². The van der Waals surface area contributed by atoms with E-state index in [0.717, 1.165) is 15.4 Å². The number of aromatic amines is 1. The standard InChI is InChI=1S/C16H19BrN4O5/c17-9-3-4-13-11(6-9)12(8-19-13)14(22)20-7-10(21-16(25)26)2-1-5-18-15(23)24/h3-4,6,8,10,18-19,21H,1-2,5,7H2,(H,20,22)(H,23,24)(H,25,26)/t10-/m0/s1. The van der Waals surface area contributed by atoms with Gasteiger partial charge in [-0.3, -0.25) is 4.79 Å². The van der Waals surface area contributed by atoms with Crippen LogP contribution in [0.1, 0.15) is 23.2 Å². The summed E-state index contributed by atoms with van der Waals surface area (Å²) in [6.07, 6.45) is 0.0838. The lowest BCUT2D eigenvalue weighted by atomic mass is 10.1. The van der Waals surface area contributed by atoms with Crippen LogP contribution in [0.4, 0.5) is 9.59 Å². The van der Waals surface area contributed by atoms with Crippen molar-refractivity contribution in [3.63, 3.8) is 0 Å². The number of hydrogen-bond donors (Lipinski definition) is 6. The Balaban J connectivity index is 1.95. The summed E-state index contributed by atoms with van der Waals surface area (Å²) in [6, 6.07) is 5.01. The summed E-state index contributed by atoms with van der Waals surface area (Å²) in [7, 11) is 0. The molecule has 0 aliphatic heterocycles. The summed E-state index contributed by atoms with van der Waals surface area (Å²) in [5, 5.41) is 25.4. The van der Waals surface area contributed by atoms with Crippen molar-refractivity contribution in [1.82, 2.24) is 20.9 Å². The molecular weight excluding hydrogens is 408 g/mol. The number of benzene rings is 1. The second-order valence-electron chi connectivity index (χ2n) is 5.62. The van der Waals surface area contributed by atoms with Gasteiger partial charge in [0.05, 0.1) is 5.56 Å². The van der Waals surface area contributed by atoms with E-state index in [4.69, 9.17) is 10.2 Å². The van der Waals surface area contributed by atoms with Crippen molar-refractivity contribution in [1.29, 1.82) is 0 Å². The number of carbonyl (C=O) groups is 3. The van der Waals surface area contributed by atoms with Crippen LogP contribution in [0, 0.1) is 0 Å². The SMILES string of the molecule is O=C(O)NCCC[C@@H](CNC(=O)c1c[nH]c2ccc(Br)cc12)NC(=O)O. The molecule has 3 amide bonds. The lowest BCUT2D eigenvalue weighted by Gasteiger charge is -2.17. The zero-order chi connectivity index (χ0) is 19.1. The molecule has 140 valence electrons.